The Hall–Kier alpha value is -2.47. The Bertz CT molecular complexity index is 837. The normalized spacial score (nSPS) is 10.7. The summed E-state index contributed by atoms with van der Waals surface area (Å²) in [5.74, 6) is -0.300. The zero-order valence-electron chi connectivity index (χ0n) is 10.7. The number of fused-ring (bicyclic) bond motifs is 1. The van der Waals surface area contributed by atoms with Crippen LogP contribution in [-0.2, 0) is 0 Å². The van der Waals surface area contributed by atoms with Crippen molar-refractivity contribution in [2.45, 2.75) is 6.92 Å². The summed E-state index contributed by atoms with van der Waals surface area (Å²) >= 11 is 1.32. The summed E-state index contributed by atoms with van der Waals surface area (Å²) < 4.78 is 1.43. The maximum absolute atomic E-state index is 12.3. The number of nitrogens with one attached hydrogen (secondary N) is 1. The van der Waals surface area contributed by atoms with Gasteiger partial charge in [0.1, 0.15) is 11.3 Å². The molecule has 3 aromatic rings. The van der Waals surface area contributed by atoms with Crippen LogP contribution < -0.4 is 10.9 Å². The van der Waals surface area contributed by atoms with Crippen molar-refractivity contribution in [1.82, 2.24) is 9.38 Å². The fraction of sp³-hybridized carbons (Fsp3) is 0.0714. The highest BCUT2D eigenvalue weighted by Crippen LogP contribution is 2.11. The van der Waals surface area contributed by atoms with E-state index in [9.17, 15) is 9.59 Å². The minimum atomic E-state index is -0.300. The molecule has 0 saturated carbocycles. The molecule has 0 atom stereocenters. The van der Waals surface area contributed by atoms with Crippen LogP contribution in [-0.4, -0.2) is 15.3 Å². The summed E-state index contributed by atoms with van der Waals surface area (Å²) in [4.78, 5) is 29.0. The Balaban J connectivity index is 2.03. The second-order valence-electron chi connectivity index (χ2n) is 4.29. The highest BCUT2D eigenvalue weighted by Gasteiger charge is 2.11. The Morgan fingerprint density at radius 2 is 2.20 bits per heavy atom. The Morgan fingerprint density at radius 1 is 1.35 bits per heavy atom. The van der Waals surface area contributed by atoms with Crippen LogP contribution in [0.2, 0.25) is 0 Å². The summed E-state index contributed by atoms with van der Waals surface area (Å²) in [5, 5.41) is 4.41. The third kappa shape index (κ3) is 2.10. The minimum Gasteiger partial charge on any atom is -0.315 e. The quantitative estimate of drug-likeness (QED) is 0.786. The van der Waals surface area contributed by atoms with Gasteiger partial charge in [-0.15, -0.1) is 11.3 Å². The summed E-state index contributed by atoms with van der Waals surface area (Å²) in [6.45, 7) is 1.88. The maximum atomic E-state index is 12.3. The summed E-state index contributed by atoms with van der Waals surface area (Å²) in [5.41, 5.74) is 1.38. The van der Waals surface area contributed by atoms with Crippen LogP contribution in [0.15, 0.2) is 46.8 Å². The summed E-state index contributed by atoms with van der Waals surface area (Å²) in [6, 6.07) is 7.15. The van der Waals surface area contributed by atoms with Crippen LogP contribution in [0.3, 0.4) is 0 Å². The van der Waals surface area contributed by atoms with Gasteiger partial charge in [0.05, 0.1) is 11.1 Å². The van der Waals surface area contributed by atoms with E-state index in [1.807, 2.05) is 18.4 Å². The second-order valence-corrected chi connectivity index (χ2v) is 5.24. The molecule has 3 aromatic heterocycles. The molecule has 0 aliphatic rings. The molecule has 1 amide bonds. The molecular weight excluding hydrogens is 274 g/mol. The first-order chi connectivity index (χ1) is 9.66. The zero-order chi connectivity index (χ0) is 14.1. The molecule has 0 aromatic carbocycles. The SMILES string of the molecule is Cc1cccn2c(=O)c(NC(=O)c3cccs3)cnc12. The molecule has 1 N–H and O–H groups in total. The summed E-state index contributed by atoms with van der Waals surface area (Å²) in [6.07, 6.45) is 3.04. The number of nitrogens with zero attached hydrogens (tertiary/aromatic N) is 2. The average Bonchev–Trinajstić information content (AvgIpc) is 2.97. The number of rotatable bonds is 2. The van der Waals surface area contributed by atoms with E-state index < -0.39 is 0 Å². The lowest BCUT2D eigenvalue weighted by molar-refractivity contribution is 0.103. The van der Waals surface area contributed by atoms with Crippen molar-refractivity contribution in [3.05, 3.63) is 62.8 Å². The highest BCUT2D eigenvalue weighted by atomic mass is 32.1. The van der Waals surface area contributed by atoms with Gasteiger partial charge < -0.3 is 5.32 Å². The van der Waals surface area contributed by atoms with Gasteiger partial charge in [-0.25, -0.2) is 4.98 Å². The molecular formula is C14H11N3O2S. The molecule has 20 heavy (non-hydrogen) atoms. The standard InChI is InChI=1S/C14H11N3O2S/c1-9-4-2-6-17-12(9)15-8-10(14(17)19)16-13(18)11-5-3-7-20-11/h2-8H,1H3,(H,16,18). The van der Waals surface area contributed by atoms with E-state index in [1.54, 1.807) is 24.4 Å². The third-order valence-electron chi connectivity index (χ3n) is 2.92. The van der Waals surface area contributed by atoms with Crippen LogP contribution in [0.1, 0.15) is 15.2 Å². The topological polar surface area (TPSA) is 63.5 Å². The fourth-order valence-electron chi connectivity index (χ4n) is 1.92. The molecule has 3 rings (SSSR count). The third-order valence-corrected chi connectivity index (χ3v) is 3.79. The lowest BCUT2D eigenvalue weighted by atomic mass is 10.3. The van der Waals surface area contributed by atoms with Crippen molar-refractivity contribution < 1.29 is 4.79 Å². The van der Waals surface area contributed by atoms with Crippen LogP contribution in [0, 0.1) is 6.92 Å². The number of carbonyl (C=O) groups excluding carboxylic acids is 1. The van der Waals surface area contributed by atoms with E-state index in [0.29, 0.717) is 10.5 Å². The first-order valence-corrected chi connectivity index (χ1v) is 6.86. The lowest BCUT2D eigenvalue weighted by Gasteiger charge is -2.06. The molecule has 0 fully saturated rings. The van der Waals surface area contributed by atoms with E-state index in [0.717, 1.165) is 5.56 Å². The number of amides is 1. The highest BCUT2D eigenvalue weighted by molar-refractivity contribution is 7.12. The van der Waals surface area contributed by atoms with E-state index in [2.05, 4.69) is 10.3 Å². The van der Waals surface area contributed by atoms with Crippen molar-refractivity contribution in [2.75, 3.05) is 5.32 Å². The molecule has 0 aliphatic heterocycles. The van der Waals surface area contributed by atoms with Gasteiger partial charge in [-0.2, -0.15) is 0 Å². The van der Waals surface area contributed by atoms with Gasteiger partial charge >= 0.3 is 0 Å². The predicted octanol–water partition coefficient (Wildman–Crippen LogP) is 2.32. The predicted molar refractivity (Wildman–Crippen MR) is 78.5 cm³/mol. The van der Waals surface area contributed by atoms with Crippen LogP contribution in [0.4, 0.5) is 5.69 Å². The Kier molecular flexibility index (Phi) is 3.08. The molecule has 3 heterocycles. The molecule has 0 unspecified atom stereocenters. The largest absolute Gasteiger partial charge is 0.315 e. The Morgan fingerprint density at radius 3 is 2.95 bits per heavy atom. The molecule has 0 bridgehead atoms. The number of aryl methyl sites for hydroxylation is 1. The van der Waals surface area contributed by atoms with Crippen LogP contribution in [0.25, 0.3) is 5.65 Å². The number of hydrogen-bond donors (Lipinski definition) is 1. The van der Waals surface area contributed by atoms with Crippen LogP contribution in [0.5, 0.6) is 0 Å². The molecule has 0 saturated heterocycles. The van der Waals surface area contributed by atoms with Gasteiger partial charge in [0.25, 0.3) is 11.5 Å². The lowest BCUT2D eigenvalue weighted by Crippen LogP contribution is -2.23. The number of pyridine rings is 1. The number of thiophene rings is 1. The number of hydrogen-bond acceptors (Lipinski definition) is 4. The van der Waals surface area contributed by atoms with Gasteiger partial charge in [0.15, 0.2) is 0 Å². The van der Waals surface area contributed by atoms with Crippen molar-refractivity contribution >= 4 is 28.6 Å². The van der Waals surface area contributed by atoms with Gasteiger partial charge in [-0.05, 0) is 30.0 Å². The molecule has 5 nitrogen and oxygen atoms in total. The van der Waals surface area contributed by atoms with Crippen molar-refractivity contribution in [3.8, 4) is 0 Å². The summed E-state index contributed by atoms with van der Waals surface area (Å²) in [7, 11) is 0. The molecule has 100 valence electrons. The van der Waals surface area contributed by atoms with Gasteiger partial charge in [0.2, 0.25) is 0 Å². The second kappa shape index (κ2) is 4.90. The fourth-order valence-corrected chi connectivity index (χ4v) is 2.54. The van der Waals surface area contributed by atoms with Crippen LogP contribution >= 0.6 is 11.3 Å². The van der Waals surface area contributed by atoms with E-state index in [-0.39, 0.29) is 17.2 Å². The minimum absolute atomic E-state index is 0.173. The monoisotopic (exact) mass is 285 g/mol. The van der Waals surface area contributed by atoms with E-state index in [4.69, 9.17) is 0 Å². The first-order valence-electron chi connectivity index (χ1n) is 5.98. The number of anilines is 1. The average molecular weight is 285 g/mol. The maximum Gasteiger partial charge on any atom is 0.281 e. The Labute approximate surface area is 118 Å². The van der Waals surface area contributed by atoms with Crippen molar-refractivity contribution in [1.29, 1.82) is 0 Å². The van der Waals surface area contributed by atoms with Crippen molar-refractivity contribution in [2.24, 2.45) is 0 Å². The van der Waals surface area contributed by atoms with E-state index in [1.165, 1.54) is 21.9 Å². The smallest absolute Gasteiger partial charge is 0.281 e. The zero-order valence-corrected chi connectivity index (χ0v) is 11.5. The molecule has 0 spiro atoms. The van der Waals surface area contributed by atoms with E-state index >= 15 is 0 Å². The molecule has 6 heteroatoms. The number of carbonyl (C=O) groups is 1. The van der Waals surface area contributed by atoms with Gasteiger partial charge in [0, 0.05) is 6.20 Å². The van der Waals surface area contributed by atoms with Gasteiger partial charge in [-0.3, -0.25) is 14.0 Å². The molecule has 0 radical (unpaired) electrons. The first kappa shape index (κ1) is 12.6. The van der Waals surface area contributed by atoms with Crippen molar-refractivity contribution in [3.63, 3.8) is 0 Å². The number of aromatic nitrogens is 2. The molecule has 0 aliphatic carbocycles. The van der Waals surface area contributed by atoms with Gasteiger partial charge in [-0.1, -0.05) is 12.1 Å².